The van der Waals surface area contributed by atoms with E-state index in [2.05, 4.69) is 49.5 Å². The van der Waals surface area contributed by atoms with Crippen LogP contribution in [-0.4, -0.2) is 62.5 Å². The molecule has 3 aromatic rings. The third kappa shape index (κ3) is 5.35. The first-order valence-electron chi connectivity index (χ1n) is 10.7. The molecule has 9 nitrogen and oxygen atoms in total. The SMILES string of the molecule is Cn1cc(Nc2nccc(-c3ccc(N4CCN(C(=O)OC(C)(C)C)CC4)cc3)n2)cn1. The lowest BCUT2D eigenvalue weighted by molar-refractivity contribution is 0.0240. The third-order valence-corrected chi connectivity index (χ3v) is 5.08. The van der Waals surface area contributed by atoms with Crippen molar-refractivity contribution in [3.8, 4) is 11.3 Å². The zero-order valence-corrected chi connectivity index (χ0v) is 18.9. The molecule has 1 aliphatic heterocycles. The van der Waals surface area contributed by atoms with Crippen LogP contribution in [0.1, 0.15) is 20.8 Å². The van der Waals surface area contributed by atoms with Crippen LogP contribution in [0.4, 0.5) is 22.1 Å². The number of hydrogen-bond donors (Lipinski definition) is 1. The van der Waals surface area contributed by atoms with Crippen LogP contribution in [0.25, 0.3) is 11.3 Å². The molecule has 0 spiro atoms. The molecule has 0 bridgehead atoms. The summed E-state index contributed by atoms with van der Waals surface area (Å²) in [6, 6.07) is 10.2. The van der Waals surface area contributed by atoms with Gasteiger partial charge in [-0.15, -0.1) is 0 Å². The van der Waals surface area contributed by atoms with E-state index < -0.39 is 5.60 Å². The number of carbonyl (C=O) groups is 1. The molecule has 168 valence electrons. The molecule has 2 aromatic heterocycles. The van der Waals surface area contributed by atoms with Gasteiger partial charge >= 0.3 is 6.09 Å². The maximum absolute atomic E-state index is 12.3. The molecule has 1 N–H and O–H groups in total. The number of carbonyl (C=O) groups excluding carboxylic acids is 1. The summed E-state index contributed by atoms with van der Waals surface area (Å²) in [5.74, 6) is 0.526. The second-order valence-corrected chi connectivity index (χ2v) is 8.79. The Morgan fingerprint density at radius 2 is 1.78 bits per heavy atom. The van der Waals surface area contributed by atoms with Gasteiger partial charge in [0, 0.05) is 56.9 Å². The number of amides is 1. The Bertz CT molecular complexity index is 1060. The number of aromatic nitrogens is 4. The molecule has 0 aliphatic carbocycles. The van der Waals surface area contributed by atoms with Gasteiger partial charge in [-0.05, 0) is 39.0 Å². The van der Waals surface area contributed by atoms with Crippen LogP contribution in [0.15, 0.2) is 48.9 Å². The van der Waals surface area contributed by atoms with Gasteiger partial charge in [-0.2, -0.15) is 5.10 Å². The van der Waals surface area contributed by atoms with Gasteiger partial charge in [0.05, 0.1) is 17.6 Å². The van der Waals surface area contributed by atoms with E-state index in [-0.39, 0.29) is 6.09 Å². The Balaban J connectivity index is 1.38. The van der Waals surface area contributed by atoms with Crippen molar-refractivity contribution in [3.63, 3.8) is 0 Å². The van der Waals surface area contributed by atoms with Gasteiger partial charge in [0.1, 0.15) is 5.60 Å². The van der Waals surface area contributed by atoms with Crippen molar-refractivity contribution in [3.05, 3.63) is 48.9 Å². The maximum atomic E-state index is 12.3. The van der Waals surface area contributed by atoms with Gasteiger partial charge in [0.25, 0.3) is 0 Å². The van der Waals surface area contributed by atoms with E-state index in [9.17, 15) is 4.79 Å². The highest BCUT2D eigenvalue weighted by Gasteiger charge is 2.25. The van der Waals surface area contributed by atoms with E-state index in [0.717, 1.165) is 35.7 Å². The number of ether oxygens (including phenoxy) is 1. The van der Waals surface area contributed by atoms with Crippen molar-refractivity contribution < 1.29 is 9.53 Å². The van der Waals surface area contributed by atoms with Crippen molar-refractivity contribution in [2.75, 3.05) is 36.4 Å². The van der Waals surface area contributed by atoms with Crippen molar-refractivity contribution >= 4 is 23.4 Å². The first-order valence-corrected chi connectivity index (χ1v) is 10.7. The number of piperazine rings is 1. The summed E-state index contributed by atoms with van der Waals surface area (Å²) in [5, 5.41) is 7.31. The minimum Gasteiger partial charge on any atom is -0.444 e. The summed E-state index contributed by atoms with van der Waals surface area (Å²) < 4.78 is 7.20. The average Bonchev–Trinajstić information content (AvgIpc) is 3.17. The zero-order chi connectivity index (χ0) is 22.7. The van der Waals surface area contributed by atoms with Gasteiger partial charge in [0.15, 0.2) is 0 Å². The smallest absolute Gasteiger partial charge is 0.410 e. The predicted octanol–water partition coefficient (Wildman–Crippen LogP) is 3.68. The molecule has 1 aromatic carbocycles. The van der Waals surface area contributed by atoms with Crippen LogP contribution in [0.2, 0.25) is 0 Å². The normalized spacial score (nSPS) is 14.4. The minimum atomic E-state index is -0.474. The number of rotatable bonds is 4. The fraction of sp³-hybridized carbons (Fsp3) is 0.391. The summed E-state index contributed by atoms with van der Waals surface area (Å²) >= 11 is 0. The molecule has 0 unspecified atom stereocenters. The first kappa shape index (κ1) is 21.6. The lowest BCUT2D eigenvalue weighted by Gasteiger charge is -2.36. The highest BCUT2D eigenvalue weighted by Crippen LogP contribution is 2.24. The van der Waals surface area contributed by atoms with Crippen molar-refractivity contribution in [1.82, 2.24) is 24.6 Å². The van der Waals surface area contributed by atoms with Crippen LogP contribution in [0, 0.1) is 0 Å². The highest BCUT2D eigenvalue weighted by atomic mass is 16.6. The Kier molecular flexibility index (Phi) is 5.98. The van der Waals surface area contributed by atoms with Crippen LogP contribution in [-0.2, 0) is 11.8 Å². The molecule has 9 heteroatoms. The predicted molar refractivity (Wildman–Crippen MR) is 124 cm³/mol. The molecule has 4 rings (SSSR count). The van der Waals surface area contributed by atoms with E-state index in [4.69, 9.17) is 4.74 Å². The van der Waals surface area contributed by atoms with Crippen LogP contribution >= 0.6 is 0 Å². The first-order chi connectivity index (χ1) is 15.3. The maximum Gasteiger partial charge on any atom is 0.410 e. The van der Waals surface area contributed by atoms with E-state index in [1.165, 1.54) is 0 Å². The molecule has 1 amide bonds. The van der Waals surface area contributed by atoms with E-state index >= 15 is 0 Å². The summed E-state index contributed by atoms with van der Waals surface area (Å²) in [6.07, 6.45) is 5.10. The van der Waals surface area contributed by atoms with Crippen molar-refractivity contribution in [1.29, 1.82) is 0 Å². The van der Waals surface area contributed by atoms with Crippen LogP contribution < -0.4 is 10.2 Å². The number of aryl methyl sites for hydroxylation is 1. The number of nitrogens with zero attached hydrogens (tertiary/aromatic N) is 6. The van der Waals surface area contributed by atoms with Gasteiger partial charge in [-0.25, -0.2) is 14.8 Å². The Hall–Kier alpha value is -3.62. The topological polar surface area (TPSA) is 88.4 Å². The number of hydrogen-bond acceptors (Lipinski definition) is 7. The molecule has 0 atom stereocenters. The Morgan fingerprint density at radius 3 is 2.41 bits per heavy atom. The third-order valence-electron chi connectivity index (χ3n) is 5.08. The molecule has 3 heterocycles. The Labute approximate surface area is 188 Å². The lowest BCUT2D eigenvalue weighted by atomic mass is 10.1. The quantitative estimate of drug-likeness (QED) is 0.669. The standard InChI is InChI=1S/C23H29N7O2/c1-23(2,3)32-22(31)30-13-11-29(12-14-30)19-7-5-17(6-8-19)20-9-10-24-21(27-20)26-18-15-25-28(4)16-18/h5-10,15-16H,11-14H2,1-4H3,(H,24,26,27). The fourth-order valence-electron chi connectivity index (χ4n) is 3.51. The summed E-state index contributed by atoms with van der Waals surface area (Å²) in [7, 11) is 1.86. The Morgan fingerprint density at radius 1 is 1.06 bits per heavy atom. The fourth-order valence-corrected chi connectivity index (χ4v) is 3.51. The summed E-state index contributed by atoms with van der Waals surface area (Å²) in [6.45, 7) is 8.49. The summed E-state index contributed by atoms with van der Waals surface area (Å²) in [5.41, 5.74) is 3.34. The van der Waals surface area contributed by atoms with Gasteiger partial charge < -0.3 is 19.9 Å². The lowest BCUT2D eigenvalue weighted by Crippen LogP contribution is -2.50. The second-order valence-electron chi connectivity index (χ2n) is 8.79. The van der Waals surface area contributed by atoms with Gasteiger partial charge in [0.2, 0.25) is 5.95 Å². The molecular weight excluding hydrogens is 406 g/mol. The monoisotopic (exact) mass is 435 g/mol. The molecule has 1 fully saturated rings. The molecule has 0 saturated carbocycles. The average molecular weight is 436 g/mol. The molecule has 32 heavy (non-hydrogen) atoms. The zero-order valence-electron chi connectivity index (χ0n) is 18.9. The van der Waals surface area contributed by atoms with Crippen molar-refractivity contribution in [2.45, 2.75) is 26.4 Å². The minimum absolute atomic E-state index is 0.244. The highest BCUT2D eigenvalue weighted by molar-refractivity contribution is 5.69. The van der Waals surface area contributed by atoms with Crippen LogP contribution in [0.3, 0.4) is 0 Å². The number of nitrogens with one attached hydrogen (secondary N) is 1. The molecular formula is C23H29N7O2. The largest absolute Gasteiger partial charge is 0.444 e. The second kappa shape index (κ2) is 8.86. The van der Waals surface area contributed by atoms with Crippen molar-refractivity contribution in [2.24, 2.45) is 7.05 Å². The number of anilines is 3. The van der Waals surface area contributed by atoms with E-state index in [0.29, 0.717) is 19.0 Å². The van der Waals surface area contributed by atoms with E-state index in [1.807, 2.05) is 40.1 Å². The molecule has 1 saturated heterocycles. The van der Waals surface area contributed by atoms with Gasteiger partial charge in [-0.1, -0.05) is 12.1 Å². The van der Waals surface area contributed by atoms with Crippen LogP contribution in [0.5, 0.6) is 0 Å². The summed E-state index contributed by atoms with van der Waals surface area (Å²) in [4.78, 5) is 25.2. The van der Waals surface area contributed by atoms with Gasteiger partial charge in [-0.3, -0.25) is 4.68 Å². The number of benzene rings is 1. The molecule has 1 aliphatic rings. The van der Waals surface area contributed by atoms with E-state index in [1.54, 1.807) is 22.0 Å². The molecule has 0 radical (unpaired) electrons.